The van der Waals surface area contributed by atoms with Gasteiger partial charge in [0.05, 0.1) is 6.54 Å². The van der Waals surface area contributed by atoms with Gasteiger partial charge in [0.25, 0.3) is 0 Å². The Labute approximate surface area is 107 Å². The van der Waals surface area contributed by atoms with Crippen LogP contribution in [0.3, 0.4) is 0 Å². The van der Waals surface area contributed by atoms with Crippen molar-refractivity contribution in [2.24, 2.45) is 0 Å². The lowest BCUT2D eigenvalue weighted by molar-refractivity contribution is -0.120. The summed E-state index contributed by atoms with van der Waals surface area (Å²) in [6.45, 7) is 4.99. The number of alkyl halides is 1. The highest BCUT2D eigenvalue weighted by molar-refractivity contribution is 6.18. The molecule has 1 rings (SSSR count). The third kappa shape index (κ3) is 4.65. The first-order valence-corrected chi connectivity index (χ1v) is 6.20. The average Bonchev–Trinajstić information content (AvgIpc) is 2.28. The van der Waals surface area contributed by atoms with E-state index in [0.717, 1.165) is 16.9 Å². The Morgan fingerprint density at radius 3 is 2.59 bits per heavy atom. The molecule has 0 saturated heterocycles. The summed E-state index contributed by atoms with van der Waals surface area (Å²) in [7, 11) is 0. The molecule has 0 fully saturated rings. The van der Waals surface area contributed by atoms with Gasteiger partial charge in [-0.05, 0) is 25.0 Å². The number of halogens is 1. The molecule has 0 atom stereocenters. The maximum Gasteiger partial charge on any atom is 0.221 e. The van der Waals surface area contributed by atoms with Crippen LogP contribution in [0.5, 0.6) is 5.75 Å². The van der Waals surface area contributed by atoms with Crippen molar-refractivity contribution in [3.63, 3.8) is 0 Å². The summed E-state index contributed by atoms with van der Waals surface area (Å²) in [5.74, 6) is 1.22. The van der Waals surface area contributed by atoms with Crippen LogP contribution in [0.15, 0.2) is 18.2 Å². The van der Waals surface area contributed by atoms with Gasteiger partial charge in [-0.15, -0.1) is 11.6 Å². The van der Waals surface area contributed by atoms with E-state index in [2.05, 4.69) is 5.32 Å². The maximum atomic E-state index is 11.1. The van der Waals surface area contributed by atoms with Gasteiger partial charge in [0.2, 0.25) is 5.91 Å². The third-order valence-electron chi connectivity index (χ3n) is 2.40. The zero-order chi connectivity index (χ0) is 12.7. The molecular weight excluding hydrogens is 238 g/mol. The topological polar surface area (TPSA) is 38.3 Å². The molecule has 0 aliphatic heterocycles. The van der Waals surface area contributed by atoms with Gasteiger partial charge in [0.1, 0.15) is 12.4 Å². The molecule has 0 saturated carbocycles. The van der Waals surface area contributed by atoms with E-state index in [9.17, 15) is 4.79 Å². The van der Waals surface area contributed by atoms with E-state index < -0.39 is 0 Å². The van der Waals surface area contributed by atoms with Crippen molar-refractivity contribution in [2.45, 2.75) is 20.3 Å². The number of hydrogen-bond donors (Lipinski definition) is 1. The molecule has 0 radical (unpaired) electrons. The van der Waals surface area contributed by atoms with Crippen molar-refractivity contribution in [2.75, 3.05) is 19.0 Å². The van der Waals surface area contributed by atoms with Crippen molar-refractivity contribution in [1.29, 1.82) is 0 Å². The van der Waals surface area contributed by atoms with Crippen molar-refractivity contribution in [3.05, 3.63) is 29.3 Å². The predicted molar refractivity (Wildman–Crippen MR) is 69.8 cm³/mol. The van der Waals surface area contributed by atoms with E-state index >= 15 is 0 Å². The maximum absolute atomic E-state index is 11.1. The Morgan fingerprint density at radius 1 is 1.35 bits per heavy atom. The van der Waals surface area contributed by atoms with Gasteiger partial charge in [-0.1, -0.05) is 18.2 Å². The number of ether oxygens (including phenoxy) is 1. The van der Waals surface area contributed by atoms with E-state index in [-0.39, 0.29) is 5.91 Å². The quantitative estimate of drug-likeness (QED) is 0.626. The van der Waals surface area contributed by atoms with Crippen LogP contribution in [0.25, 0.3) is 0 Å². The lowest BCUT2D eigenvalue weighted by Crippen LogP contribution is -2.28. The summed E-state index contributed by atoms with van der Waals surface area (Å²) in [5.41, 5.74) is 2.22. The Balaban J connectivity index is 2.34. The van der Waals surface area contributed by atoms with Crippen molar-refractivity contribution in [1.82, 2.24) is 5.32 Å². The SMILES string of the molecule is Cc1cccc(C)c1OCCNC(=O)CCCl. The number of carbonyl (C=O) groups is 1. The monoisotopic (exact) mass is 255 g/mol. The summed E-state index contributed by atoms with van der Waals surface area (Å²) in [6.07, 6.45) is 0.352. The van der Waals surface area contributed by atoms with Gasteiger partial charge in [-0.25, -0.2) is 0 Å². The molecule has 1 aromatic rings. The molecule has 0 bridgehead atoms. The molecule has 0 aliphatic rings. The highest BCUT2D eigenvalue weighted by Crippen LogP contribution is 2.21. The fraction of sp³-hybridized carbons (Fsp3) is 0.462. The van der Waals surface area contributed by atoms with Crippen molar-refractivity contribution >= 4 is 17.5 Å². The molecule has 0 aliphatic carbocycles. The molecule has 4 heteroatoms. The van der Waals surface area contributed by atoms with E-state index in [1.54, 1.807) is 0 Å². The van der Waals surface area contributed by atoms with Crippen LogP contribution in [-0.4, -0.2) is 24.9 Å². The van der Waals surface area contributed by atoms with Crippen molar-refractivity contribution in [3.8, 4) is 5.75 Å². The number of aryl methyl sites for hydroxylation is 2. The fourth-order valence-corrected chi connectivity index (χ4v) is 1.72. The molecule has 0 heterocycles. The smallest absolute Gasteiger partial charge is 0.221 e. The Bertz CT molecular complexity index is 359. The van der Waals surface area contributed by atoms with Crippen LogP contribution in [0.2, 0.25) is 0 Å². The molecule has 1 aromatic carbocycles. The van der Waals surface area contributed by atoms with Gasteiger partial charge in [-0.3, -0.25) is 4.79 Å². The zero-order valence-electron chi connectivity index (χ0n) is 10.3. The minimum Gasteiger partial charge on any atom is -0.491 e. The van der Waals surface area contributed by atoms with Crippen LogP contribution in [-0.2, 0) is 4.79 Å². The molecule has 17 heavy (non-hydrogen) atoms. The van der Waals surface area contributed by atoms with E-state index in [1.165, 1.54) is 0 Å². The summed E-state index contributed by atoms with van der Waals surface area (Å²) in [6, 6.07) is 6.02. The summed E-state index contributed by atoms with van der Waals surface area (Å²) < 4.78 is 5.65. The van der Waals surface area contributed by atoms with Gasteiger partial charge in [-0.2, -0.15) is 0 Å². The lowest BCUT2D eigenvalue weighted by Gasteiger charge is -2.12. The number of carbonyl (C=O) groups excluding carboxylic acids is 1. The van der Waals surface area contributed by atoms with E-state index in [1.807, 2.05) is 32.0 Å². The second-order valence-electron chi connectivity index (χ2n) is 3.86. The number of rotatable bonds is 6. The van der Waals surface area contributed by atoms with Gasteiger partial charge in [0.15, 0.2) is 0 Å². The lowest BCUT2D eigenvalue weighted by atomic mass is 10.1. The Kier molecular flexibility index (Phi) is 5.84. The first-order chi connectivity index (χ1) is 8.15. The summed E-state index contributed by atoms with van der Waals surface area (Å²) in [5, 5.41) is 2.74. The minimum absolute atomic E-state index is 0.0369. The predicted octanol–water partition coefficient (Wildman–Crippen LogP) is 2.43. The molecular formula is C13H18ClNO2. The minimum atomic E-state index is -0.0369. The van der Waals surface area contributed by atoms with Gasteiger partial charge in [0, 0.05) is 12.3 Å². The Morgan fingerprint density at radius 2 is 2.00 bits per heavy atom. The van der Waals surface area contributed by atoms with Gasteiger partial charge < -0.3 is 10.1 Å². The fourth-order valence-electron chi connectivity index (χ4n) is 1.54. The highest BCUT2D eigenvalue weighted by Gasteiger charge is 2.03. The van der Waals surface area contributed by atoms with Crippen LogP contribution in [0, 0.1) is 13.8 Å². The van der Waals surface area contributed by atoms with Gasteiger partial charge >= 0.3 is 0 Å². The first-order valence-electron chi connectivity index (χ1n) is 5.67. The van der Waals surface area contributed by atoms with Crippen LogP contribution < -0.4 is 10.1 Å². The molecule has 1 N–H and O–H groups in total. The third-order valence-corrected chi connectivity index (χ3v) is 2.59. The number of amides is 1. The average molecular weight is 256 g/mol. The molecule has 94 valence electrons. The second-order valence-corrected chi connectivity index (χ2v) is 4.24. The van der Waals surface area contributed by atoms with Crippen LogP contribution >= 0.6 is 11.6 Å². The summed E-state index contributed by atoms with van der Waals surface area (Å²) >= 11 is 5.45. The molecule has 0 unspecified atom stereocenters. The second kappa shape index (κ2) is 7.17. The van der Waals surface area contributed by atoms with E-state index in [4.69, 9.17) is 16.3 Å². The Hall–Kier alpha value is -1.22. The van der Waals surface area contributed by atoms with Crippen molar-refractivity contribution < 1.29 is 9.53 Å². The van der Waals surface area contributed by atoms with Crippen LogP contribution in [0.4, 0.5) is 0 Å². The normalized spacial score (nSPS) is 10.1. The molecule has 1 amide bonds. The first kappa shape index (κ1) is 13.8. The number of nitrogens with one attached hydrogen (secondary N) is 1. The number of benzene rings is 1. The number of hydrogen-bond acceptors (Lipinski definition) is 2. The molecule has 0 spiro atoms. The summed E-state index contributed by atoms with van der Waals surface area (Å²) in [4.78, 5) is 11.1. The van der Waals surface area contributed by atoms with Crippen LogP contribution in [0.1, 0.15) is 17.5 Å². The largest absolute Gasteiger partial charge is 0.491 e. The molecule has 0 aromatic heterocycles. The molecule has 3 nitrogen and oxygen atoms in total. The highest BCUT2D eigenvalue weighted by atomic mass is 35.5. The zero-order valence-corrected chi connectivity index (χ0v) is 11.0. The number of para-hydroxylation sites is 1. The standard InChI is InChI=1S/C13H18ClNO2/c1-10-4-3-5-11(2)13(10)17-9-8-15-12(16)6-7-14/h3-5H,6-9H2,1-2H3,(H,15,16). The van der Waals surface area contributed by atoms with E-state index in [0.29, 0.717) is 25.5 Å².